The lowest BCUT2D eigenvalue weighted by Crippen LogP contribution is -2.40. The van der Waals surface area contributed by atoms with E-state index < -0.39 is 28.9 Å². The molecule has 0 aliphatic heterocycles. The first kappa shape index (κ1) is 24.5. The number of rotatable bonds is 5. The van der Waals surface area contributed by atoms with E-state index in [1.165, 1.54) is 36.2 Å². The molecule has 3 rings (SSSR count). The largest absolute Gasteiger partial charge is 0.610 e. The molecule has 0 aliphatic rings. The molecule has 0 saturated heterocycles. The zero-order valence-electron chi connectivity index (χ0n) is 17.6. The molecule has 13 heteroatoms. The molecule has 2 heterocycles. The van der Waals surface area contributed by atoms with Gasteiger partial charge in [-0.15, -0.1) is 5.10 Å². The van der Waals surface area contributed by atoms with Gasteiger partial charge in [-0.25, -0.2) is 9.67 Å². The molecule has 1 aromatic carbocycles. The SMILES string of the molecule is CC(=O)NNC(=O)c1cc(Cl)cc(C)c1NC(=O)c1cc([S+](C)[O-])nn1-c1ncccc1Cl. The Balaban J connectivity index is 2.04. The molecular weight excluding hydrogens is 491 g/mol. The van der Waals surface area contributed by atoms with Crippen LogP contribution in [0.2, 0.25) is 10.0 Å². The van der Waals surface area contributed by atoms with Crippen LogP contribution >= 0.6 is 23.2 Å². The van der Waals surface area contributed by atoms with E-state index in [1.807, 2.05) is 0 Å². The lowest BCUT2D eigenvalue weighted by molar-refractivity contribution is -0.119. The third-order valence-corrected chi connectivity index (χ3v) is 5.59. The Morgan fingerprint density at radius 3 is 2.48 bits per heavy atom. The molecule has 0 saturated carbocycles. The van der Waals surface area contributed by atoms with E-state index >= 15 is 0 Å². The topological polar surface area (TPSA) is 141 Å². The monoisotopic (exact) mass is 508 g/mol. The van der Waals surface area contributed by atoms with Crippen LogP contribution in [0.4, 0.5) is 5.69 Å². The Hall–Kier alpha value is -3.12. The highest BCUT2D eigenvalue weighted by Gasteiger charge is 2.25. The first-order valence-electron chi connectivity index (χ1n) is 9.31. The number of pyridine rings is 1. The number of benzene rings is 1. The molecule has 33 heavy (non-hydrogen) atoms. The van der Waals surface area contributed by atoms with Gasteiger partial charge in [0, 0.05) is 35.4 Å². The molecule has 172 valence electrons. The number of nitrogens with zero attached hydrogens (tertiary/aromatic N) is 3. The van der Waals surface area contributed by atoms with Crippen LogP contribution in [-0.4, -0.2) is 43.3 Å². The third-order valence-electron chi connectivity index (χ3n) is 4.29. The molecule has 3 amide bonds. The molecule has 1 atom stereocenters. The molecular formula is C20H18Cl2N6O4S. The summed E-state index contributed by atoms with van der Waals surface area (Å²) in [7, 11) is 0. The van der Waals surface area contributed by atoms with Gasteiger partial charge in [0.25, 0.3) is 16.8 Å². The van der Waals surface area contributed by atoms with E-state index in [1.54, 1.807) is 25.1 Å². The second kappa shape index (κ2) is 10.2. The van der Waals surface area contributed by atoms with Crippen LogP contribution in [0.3, 0.4) is 0 Å². The molecule has 1 unspecified atom stereocenters. The highest BCUT2D eigenvalue weighted by Crippen LogP contribution is 2.27. The molecule has 3 N–H and O–H groups in total. The number of amides is 3. The number of aryl methyl sites for hydroxylation is 1. The number of hydrogen-bond acceptors (Lipinski definition) is 6. The Kier molecular flexibility index (Phi) is 7.59. The summed E-state index contributed by atoms with van der Waals surface area (Å²) in [6, 6.07) is 7.44. The van der Waals surface area contributed by atoms with Crippen LogP contribution in [-0.2, 0) is 16.0 Å². The molecule has 0 spiro atoms. The predicted octanol–water partition coefficient (Wildman–Crippen LogP) is 2.65. The summed E-state index contributed by atoms with van der Waals surface area (Å²) in [5, 5.41) is 7.50. The van der Waals surface area contributed by atoms with E-state index in [-0.39, 0.29) is 37.8 Å². The van der Waals surface area contributed by atoms with Crippen LogP contribution in [0.15, 0.2) is 41.6 Å². The van der Waals surface area contributed by atoms with E-state index in [9.17, 15) is 18.9 Å². The number of hydrogen-bond donors (Lipinski definition) is 3. The molecule has 0 bridgehead atoms. The van der Waals surface area contributed by atoms with Crippen LogP contribution in [0.25, 0.3) is 5.82 Å². The number of anilines is 1. The molecule has 2 aromatic heterocycles. The summed E-state index contributed by atoms with van der Waals surface area (Å²) in [5.74, 6) is -1.68. The Bertz CT molecular complexity index is 1250. The van der Waals surface area contributed by atoms with Crippen LogP contribution < -0.4 is 16.2 Å². The quantitative estimate of drug-likeness (QED) is 0.357. The summed E-state index contributed by atoms with van der Waals surface area (Å²) in [6.45, 7) is 2.88. The maximum absolute atomic E-state index is 13.3. The summed E-state index contributed by atoms with van der Waals surface area (Å²) >= 11 is 10.8. The first-order valence-corrected chi connectivity index (χ1v) is 11.6. The van der Waals surface area contributed by atoms with Gasteiger partial charge in [-0.2, -0.15) is 0 Å². The van der Waals surface area contributed by atoms with Gasteiger partial charge in [0.05, 0.1) is 16.3 Å². The fourth-order valence-corrected chi connectivity index (χ4v) is 3.78. The summed E-state index contributed by atoms with van der Waals surface area (Å²) < 4.78 is 13.2. The minimum atomic E-state index is -1.49. The fraction of sp³-hybridized carbons (Fsp3) is 0.150. The van der Waals surface area contributed by atoms with Crippen molar-refractivity contribution in [1.29, 1.82) is 0 Å². The standard InChI is InChI=1S/C20H18Cl2N6O4S/c1-10-7-12(21)8-13(19(30)26-25-11(2)29)17(10)24-20(31)15-9-16(33(3)32)27-28(15)18-14(22)5-4-6-23-18/h4-9H,1-3H3,(H,24,31)(H,25,29)(H,26,30). The number of carbonyl (C=O) groups is 3. The fourth-order valence-electron chi connectivity index (χ4n) is 2.83. The smallest absolute Gasteiger partial charge is 0.274 e. The minimum absolute atomic E-state index is 0.0108. The van der Waals surface area contributed by atoms with Crippen LogP contribution in [0, 0.1) is 6.92 Å². The Morgan fingerprint density at radius 1 is 1.12 bits per heavy atom. The van der Waals surface area contributed by atoms with E-state index in [4.69, 9.17) is 23.2 Å². The Labute approximate surface area is 201 Å². The Morgan fingerprint density at radius 2 is 1.85 bits per heavy atom. The van der Waals surface area contributed by atoms with Crippen molar-refractivity contribution in [3.8, 4) is 5.82 Å². The van der Waals surface area contributed by atoms with Gasteiger partial charge >= 0.3 is 0 Å². The average Bonchev–Trinajstić information content (AvgIpc) is 3.19. The van der Waals surface area contributed by atoms with Gasteiger partial charge in [-0.3, -0.25) is 25.2 Å². The summed E-state index contributed by atoms with van der Waals surface area (Å²) in [4.78, 5) is 41.2. The molecule has 3 aromatic rings. The third kappa shape index (κ3) is 5.63. The number of halogens is 2. The van der Waals surface area contributed by atoms with Gasteiger partial charge in [0.15, 0.2) is 5.82 Å². The van der Waals surface area contributed by atoms with Gasteiger partial charge < -0.3 is 9.87 Å². The number of nitrogens with one attached hydrogen (secondary N) is 3. The highest BCUT2D eigenvalue weighted by atomic mass is 35.5. The minimum Gasteiger partial charge on any atom is -0.610 e. The number of carbonyl (C=O) groups excluding carboxylic acids is 3. The van der Waals surface area contributed by atoms with Gasteiger partial charge in [0.1, 0.15) is 11.9 Å². The van der Waals surface area contributed by atoms with Gasteiger partial charge in [0.2, 0.25) is 5.91 Å². The van der Waals surface area contributed by atoms with Crippen molar-refractivity contribution in [3.63, 3.8) is 0 Å². The van der Waals surface area contributed by atoms with E-state index in [0.29, 0.717) is 5.56 Å². The van der Waals surface area contributed by atoms with Crippen molar-refractivity contribution < 1.29 is 18.9 Å². The van der Waals surface area contributed by atoms with Crippen molar-refractivity contribution in [2.45, 2.75) is 18.9 Å². The molecule has 10 nitrogen and oxygen atoms in total. The van der Waals surface area contributed by atoms with Crippen molar-refractivity contribution in [3.05, 3.63) is 63.4 Å². The zero-order valence-corrected chi connectivity index (χ0v) is 19.9. The van der Waals surface area contributed by atoms with Gasteiger partial charge in [-0.1, -0.05) is 23.2 Å². The summed E-state index contributed by atoms with van der Waals surface area (Å²) in [6.07, 6.45) is 2.89. The molecule has 0 fully saturated rings. The van der Waals surface area contributed by atoms with E-state index in [0.717, 1.165) is 0 Å². The van der Waals surface area contributed by atoms with Crippen LogP contribution in [0.1, 0.15) is 33.3 Å². The second-order valence-electron chi connectivity index (χ2n) is 6.78. The maximum atomic E-state index is 13.3. The second-order valence-corrected chi connectivity index (χ2v) is 8.95. The highest BCUT2D eigenvalue weighted by molar-refractivity contribution is 7.90. The van der Waals surface area contributed by atoms with Crippen molar-refractivity contribution in [2.75, 3.05) is 11.6 Å². The van der Waals surface area contributed by atoms with Crippen LogP contribution in [0.5, 0.6) is 0 Å². The van der Waals surface area contributed by atoms with E-state index in [2.05, 4.69) is 26.3 Å². The normalized spacial score (nSPS) is 11.6. The summed E-state index contributed by atoms with van der Waals surface area (Å²) in [5.41, 5.74) is 5.07. The molecule has 0 aliphatic carbocycles. The zero-order chi connectivity index (χ0) is 24.3. The van der Waals surface area contributed by atoms with Crippen molar-refractivity contribution in [2.24, 2.45) is 0 Å². The molecule has 0 radical (unpaired) electrons. The number of aromatic nitrogens is 3. The van der Waals surface area contributed by atoms with Gasteiger partial charge in [-0.05, 0) is 36.8 Å². The average molecular weight is 509 g/mol. The maximum Gasteiger partial charge on any atom is 0.274 e. The lowest BCUT2D eigenvalue weighted by Gasteiger charge is -2.15. The number of hydrazine groups is 1. The van der Waals surface area contributed by atoms with Crippen molar-refractivity contribution >= 4 is 57.8 Å². The van der Waals surface area contributed by atoms with Crippen molar-refractivity contribution in [1.82, 2.24) is 25.6 Å². The lowest BCUT2D eigenvalue weighted by atomic mass is 10.1. The predicted molar refractivity (Wildman–Crippen MR) is 124 cm³/mol. The first-order chi connectivity index (χ1) is 15.6.